The number of pyridine rings is 1. The van der Waals surface area contributed by atoms with Gasteiger partial charge in [0.1, 0.15) is 10.4 Å². The molecule has 25 heavy (non-hydrogen) atoms. The van der Waals surface area contributed by atoms with Gasteiger partial charge in [-0.15, -0.1) is 0 Å². The van der Waals surface area contributed by atoms with Crippen LogP contribution >= 0.6 is 0 Å². The molecule has 0 aromatic carbocycles. The van der Waals surface area contributed by atoms with Crippen LogP contribution in [0, 0.1) is 0 Å². The number of aromatic nitrogens is 1. The first-order chi connectivity index (χ1) is 11.7. The Morgan fingerprint density at radius 3 is 2.40 bits per heavy atom. The molecule has 2 rings (SSSR count). The maximum absolute atomic E-state index is 12.6. The molecule has 0 radical (unpaired) electrons. The molecule has 1 saturated carbocycles. The topological polar surface area (TPSA) is 108 Å². The van der Waals surface area contributed by atoms with Crippen molar-refractivity contribution in [1.29, 1.82) is 0 Å². The number of likely N-dealkylation sites (N-methyl/N-ethyl adjacent to an activating group) is 2. The zero-order valence-corrected chi connectivity index (χ0v) is 15.2. The van der Waals surface area contributed by atoms with Crippen LogP contribution in [0.15, 0.2) is 29.4 Å². The Kier molecular flexibility index (Phi) is 5.79. The molecule has 1 heterocycles. The van der Waals surface area contributed by atoms with Crippen LogP contribution in [-0.2, 0) is 19.6 Å². The molecule has 1 amide bonds. The summed E-state index contributed by atoms with van der Waals surface area (Å²) in [5.74, 6) is -1.58. The van der Waals surface area contributed by atoms with Crippen LogP contribution in [0.1, 0.15) is 32.1 Å². The Labute approximate surface area is 147 Å². The van der Waals surface area contributed by atoms with Crippen LogP contribution in [0.25, 0.3) is 0 Å². The molecule has 1 N–H and O–H groups in total. The summed E-state index contributed by atoms with van der Waals surface area (Å²) in [4.78, 5) is 29.3. The lowest BCUT2D eigenvalue weighted by Gasteiger charge is -2.41. The van der Waals surface area contributed by atoms with Crippen molar-refractivity contribution in [3.05, 3.63) is 24.5 Å². The Hall–Kier alpha value is -2.00. The van der Waals surface area contributed by atoms with Crippen molar-refractivity contribution >= 4 is 21.9 Å². The lowest BCUT2D eigenvalue weighted by atomic mass is 9.80. The van der Waals surface area contributed by atoms with Crippen LogP contribution in [0.2, 0.25) is 0 Å². The number of rotatable bonds is 6. The van der Waals surface area contributed by atoms with Crippen molar-refractivity contribution in [3.63, 3.8) is 0 Å². The number of hydrogen-bond donors (Lipinski definition) is 1. The largest absolute Gasteiger partial charge is 0.479 e. The zero-order valence-electron chi connectivity index (χ0n) is 14.4. The van der Waals surface area contributed by atoms with Gasteiger partial charge >= 0.3 is 5.97 Å². The van der Waals surface area contributed by atoms with Crippen molar-refractivity contribution in [2.75, 3.05) is 20.6 Å². The molecule has 0 atom stereocenters. The fourth-order valence-electron chi connectivity index (χ4n) is 3.13. The number of carbonyl (C=O) groups excluding carboxylic acids is 1. The third kappa shape index (κ3) is 3.82. The summed E-state index contributed by atoms with van der Waals surface area (Å²) < 4.78 is 25.9. The van der Waals surface area contributed by atoms with Crippen molar-refractivity contribution in [3.8, 4) is 0 Å². The van der Waals surface area contributed by atoms with Crippen molar-refractivity contribution in [2.45, 2.75) is 42.5 Å². The first kappa shape index (κ1) is 19.3. The molecule has 138 valence electrons. The molecule has 1 aliphatic carbocycles. The van der Waals surface area contributed by atoms with Gasteiger partial charge < -0.3 is 10.0 Å². The highest BCUT2D eigenvalue weighted by atomic mass is 32.2. The Bertz CT molecular complexity index is 729. The summed E-state index contributed by atoms with van der Waals surface area (Å²) >= 11 is 0. The predicted molar refractivity (Wildman–Crippen MR) is 90.3 cm³/mol. The van der Waals surface area contributed by atoms with Crippen LogP contribution < -0.4 is 0 Å². The minimum atomic E-state index is -3.86. The van der Waals surface area contributed by atoms with Crippen LogP contribution in [-0.4, -0.2) is 65.8 Å². The molecule has 9 heteroatoms. The lowest BCUT2D eigenvalue weighted by Crippen LogP contribution is -2.58. The number of hydrogen-bond acceptors (Lipinski definition) is 5. The second-order valence-electron chi connectivity index (χ2n) is 6.30. The highest BCUT2D eigenvalue weighted by Crippen LogP contribution is 2.33. The molecule has 1 aromatic heterocycles. The van der Waals surface area contributed by atoms with Gasteiger partial charge in [-0.1, -0.05) is 19.3 Å². The quantitative estimate of drug-likeness (QED) is 0.800. The third-order valence-corrected chi connectivity index (χ3v) is 6.58. The summed E-state index contributed by atoms with van der Waals surface area (Å²) in [6, 6.07) is 2.89. The van der Waals surface area contributed by atoms with Gasteiger partial charge in [-0.2, -0.15) is 4.31 Å². The number of sulfonamides is 1. The standard InChI is InChI=1S/C16H23N3O5S/c1-18(25(23,24)13-7-6-10-17-11-13)12-14(20)19(2)16(15(21)22)8-4-3-5-9-16/h6-7,10-11H,3-5,8-9,12H2,1-2H3,(H,21,22). The number of nitrogens with zero attached hydrogens (tertiary/aromatic N) is 3. The van der Waals surface area contributed by atoms with Gasteiger partial charge in [0.05, 0.1) is 6.54 Å². The monoisotopic (exact) mass is 369 g/mol. The average molecular weight is 369 g/mol. The van der Waals surface area contributed by atoms with Crippen molar-refractivity contribution in [2.24, 2.45) is 0 Å². The van der Waals surface area contributed by atoms with E-state index >= 15 is 0 Å². The predicted octanol–water partition coefficient (Wildman–Crippen LogP) is 0.948. The number of carboxylic acid groups (broad SMARTS) is 1. The smallest absolute Gasteiger partial charge is 0.329 e. The molecule has 1 aromatic rings. The highest BCUT2D eigenvalue weighted by Gasteiger charge is 2.45. The van der Waals surface area contributed by atoms with Gasteiger partial charge in [-0.25, -0.2) is 13.2 Å². The van der Waals surface area contributed by atoms with E-state index in [9.17, 15) is 23.1 Å². The summed E-state index contributed by atoms with van der Waals surface area (Å²) in [6.45, 7) is -0.428. The Morgan fingerprint density at radius 1 is 1.24 bits per heavy atom. The summed E-state index contributed by atoms with van der Waals surface area (Å²) in [5.41, 5.74) is -1.26. The molecule has 0 saturated heterocycles. The Morgan fingerprint density at radius 2 is 1.88 bits per heavy atom. The fraction of sp³-hybridized carbons (Fsp3) is 0.562. The molecule has 0 unspecified atom stereocenters. The molecular formula is C16H23N3O5S. The van der Waals surface area contributed by atoms with E-state index in [2.05, 4.69) is 4.98 Å². The van der Waals surface area contributed by atoms with Gasteiger partial charge in [-0.05, 0) is 25.0 Å². The number of carboxylic acids is 1. The van der Waals surface area contributed by atoms with Crippen molar-refractivity contribution < 1.29 is 23.1 Å². The maximum Gasteiger partial charge on any atom is 0.329 e. The third-order valence-electron chi connectivity index (χ3n) is 4.80. The van der Waals surface area contributed by atoms with E-state index in [-0.39, 0.29) is 4.90 Å². The minimum absolute atomic E-state index is 0.0152. The summed E-state index contributed by atoms with van der Waals surface area (Å²) in [6.07, 6.45) is 5.82. The van der Waals surface area contributed by atoms with E-state index in [1.54, 1.807) is 0 Å². The lowest BCUT2D eigenvalue weighted by molar-refractivity contribution is -0.160. The molecule has 1 aliphatic rings. The molecule has 8 nitrogen and oxygen atoms in total. The molecule has 1 fully saturated rings. The van der Waals surface area contributed by atoms with E-state index in [0.717, 1.165) is 23.6 Å². The number of carbonyl (C=O) groups is 2. The normalized spacial score (nSPS) is 17.2. The van der Waals surface area contributed by atoms with Crippen molar-refractivity contribution in [1.82, 2.24) is 14.2 Å². The first-order valence-electron chi connectivity index (χ1n) is 8.08. The molecule has 0 bridgehead atoms. The second kappa shape index (κ2) is 7.49. The summed E-state index contributed by atoms with van der Waals surface area (Å²) in [7, 11) is -1.13. The van der Waals surface area contributed by atoms with Gasteiger partial charge in [-0.3, -0.25) is 9.78 Å². The van der Waals surface area contributed by atoms with Gasteiger partial charge in [0.2, 0.25) is 15.9 Å². The van der Waals surface area contributed by atoms with Crippen LogP contribution in [0.4, 0.5) is 0 Å². The van der Waals surface area contributed by atoms with E-state index in [0.29, 0.717) is 12.8 Å². The zero-order chi connectivity index (χ0) is 18.7. The number of amides is 1. The maximum atomic E-state index is 12.6. The highest BCUT2D eigenvalue weighted by molar-refractivity contribution is 7.89. The fourth-order valence-corrected chi connectivity index (χ4v) is 4.21. The molecule has 0 aliphatic heterocycles. The van der Waals surface area contributed by atoms with E-state index < -0.39 is 34.0 Å². The Balaban J connectivity index is 2.16. The molecular weight excluding hydrogens is 346 g/mol. The molecule has 0 spiro atoms. The average Bonchev–Trinajstić information content (AvgIpc) is 2.62. The van der Waals surface area contributed by atoms with E-state index in [1.807, 2.05) is 0 Å². The van der Waals surface area contributed by atoms with Crippen LogP contribution in [0.3, 0.4) is 0 Å². The van der Waals surface area contributed by atoms with Gasteiger partial charge in [0.15, 0.2) is 0 Å². The SMILES string of the molecule is CN(C(=O)CN(C)S(=O)(=O)c1cccnc1)C1(C(=O)O)CCCCC1. The second-order valence-corrected chi connectivity index (χ2v) is 8.34. The first-order valence-corrected chi connectivity index (χ1v) is 9.52. The van der Waals surface area contributed by atoms with Crippen LogP contribution in [0.5, 0.6) is 0 Å². The van der Waals surface area contributed by atoms with E-state index in [1.165, 1.54) is 43.5 Å². The van der Waals surface area contributed by atoms with Gasteiger partial charge in [0.25, 0.3) is 0 Å². The summed E-state index contributed by atoms with van der Waals surface area (Å²) in [5, 5.41) is 9.65. The van der Waals surface area contributed by atoms with Gasteiger partial charge in [0, 0.05) is 26.5 Å². The number of aliphatic carboxylic acids is 1. The minimum Gasteiger partial charge on any atom is -0.479 e. The van der Waals surface area contributed by atoms with E-state index in [4.69, 9.17) is 0 Å².